The molecule has 0 aliphatic heterocycles. The largest absolute Gasteiger partial charge is 0.482 e. The summed E-state index contributed by atoms with van der Waals surface area (Å²) in [6.45, 7) is 6.91. The molecule has 0 radical (unpaired) electrons. The number of hydrogen-bond donors (Lipinski definition) is 2. The molecular weight excluding hydrogens is 270 g/mol. The molecule has 0 unspecified atom stereocenters. The predicted octanol–water partition coefficient (Wildman–Crippen LogP) is 2.45. The summed E-state index contributed by atoms with van der Waals surface area (Å²) in [5.74, 6) is 2.76. The van der Waals surface area contributed by atoms with Gasteiger partial charge in [-0.3, -0.25) is 0 Å². The monoisotopic (exact) mass is 291 g/mol. The molecule has 7 heteroatoms. The van der Waals surface area contributed by atoms with Crippen LogP contribution in [-0.4, -0.2) is 21.5 Å². The highest BCUT2D eigenvalue weighted by atomic mass is 16.5. The first kappa shape index (κ1) is 15.1. The zero-order valence-corrected chi connectivity index (χ0v) is 12.6. The number of aryl methyl sites for hydroxylation is 2. The van der Waals surface area contributed by atoms with Crippen molar-refractivity contribution in [2.24, 2.45) is 0 Å². The highest BCUT2D eigenvalue weighted by molar-refractivity contribution is 5.51. The minimum absolute atomic E-state index is 0.217. The Morgan fingerprint density at radius 3 is 2.81 bits per heavy atom. The molecule has 7 nitrogen and oxygen atoms in total. The van der Waals surface area contributed by atoms with Gasteiger partial charge in [0.05, 0.1) is 6.20 Å². The number of nitrogen functional groups attached to an aromatic ring is 1. The highest BCUT2D eigenvalue weighted by Gasteiger charge is 2.11. The Kier molecular flexibility index (Phi) is 4.97. The van der Waals surface area contributed by atoms with E-state index in [9.17, 15) is 0 Å². The van der Waals surface area contributed by atoms with Gasteiger partial charge in [0.25, 0.3) is 0 Å². The lowest BCUT2D eigenvalue weighted by Crippen LogP contribution is -2.09. The quantitative estimate of drug-likeness (QED) is 0.756. The standard InChI is InChI=1S/C14H21N5O2/c1-4-5-6-16-13-12(7-17-14(15)19-13)20-8-11-9(2)21-10(3)18-11/h7H,4-6,8H2,1-3H3,(H3,15,16,17,19). The fraction of sp³-hybridized carbons (Fsp3) is 0.500. The second-order valence-corrected chi connectivity index (χ2v) is 4.75. The molecule has 0 saturated heterocycles. The summed E-state index contributed by atoms with van der Waals surface area (Å²) in [4.78, 5) is 12.4. The topological polar surface area (TPSA) is 99.1 Å². The Balaban J connectivity index is 2.06. The summed E-state index contributed by atoms with van der Waals surface area (Å²) in [5, 5.41) is 3.21. The summed E-state index contributed by atoms with van der Waals surface area (Å²) in [6.07, 6.45) is 3.71. The van der Waals surface area contributed by atoms with Crippen LogP contribution in [0.15, 0.2) is 10.6 Å². The Morgan fingerprint density at radius 2 is 2.14 bits per heavy atom. The van der Waals surface area contributed by atoms with E-state index >= 15 is 0 Å². The number of nitrogens with two attached hydrogens (primary N) is 1. The maximum absolute atomic E-state index is 5.74. The van der Waals surface area contributed by atoms with Crippen LogP contribution in [0.2, 0.25) is 0 Å². The van der Waals surface area contributed by atoms with E-state index in [4.69, 9.17) is 14.9 Å². The second-order valence-electron chi connectivity index (χ2n) is 4.75. The average Bonchev–Trinajstić information content (AvgIpc) is 2.76. The Morgan fingerprint density at radius 1 is 1.33 bits per heavy atom. The number of hydrogen-bond acceptors (Lipinski definition) is 7. The minimum Gasteiger partial charge on any atom is -0.482 e. The van der Waals surface area contributed by atoms with Crippen LogP contribution < -0.4 is 15.8 Å². The Labute approximate surface area is 123 Å². The summed E-state index contributed by atoms with van der Waals surface area (Å²) in [5.41, 5.74) is 6.39. The third-order valence-corrected chi connectivity index (χ3v) is 2.96. The van der Waals surface area contributed by atoms with Gasteiger partial charge in [-0.05, 0) is 13.3 Å². The summed E-state index contributed by atoms with van der Waals surface area (Å²) in [6, 6.07) is 0. The Hall–Kier alpha value is -2.31. The van der Waals surface area contributed by atoms with Crippen molar-refractivity contribution in [1.82, 2.24) is 15.0 Å². The molecule has 3 N–H and O–H groups in total. The van der Waals surface area contributed by atoms with Crippen molar-refractivity contribution in [2.75, 3.05) is 17.6 Å². The van der Waals surface area contributed by atoms with Crippen molar-refractivity contribution < 1.29 is 9.15 Å². The van der Waals surface area contributed by atoms with E-state index in [1.165, 1.54) is 0 Å². The molecular formula is C14H21N5O2. The molecule has 2 aromatic rings. The van der Waals surface area contributed by atoms with Gasteiger partial charge in [0, 0.05) is 13.5 Å². The lowest BCUT2D eigenvalue weighted by molar-refractivity contribution is 0.298. The van der Waals surface area contributed by atoms with Crippen molar-refractivity contribution in [2.45, 2.75) is 40.2 Å². The number of nitrogens with zero attached hydrogens (tertiary/aromatic N) is 3. The number of anilines is 2. The van der Waals surface area contributed by atoms with Crippen LogP contribution in [-0.2, 0) is 6.61 Å². The maximum atomic E-state index is 5.74. The van der Waals surface area contributed by atoms with Crippen molar-refractivity contribution >= 4 is 11.8 Å². The van der Waals surface area contributed by atoms with Gasteiger partial charge >= 0.3 is 0 Å². The van der Waals surface area contributed by atoms with Crippen molar-refractivity contribution in [1.29, 1.82) is 0 Å². The van der Waals surface area contributed by atoms with Crippen LogP contribution in [0.25, 0.3) is 0 Å². The fourth-order valence-electron chi connectivity index (χ4n) is 1.85. The van der Waals surface area contributed by atoms with E-state index in [0.29, 0.717) is 24.1 Å². The molecule has 0 atom stereocenters. The number of aromatic nitrogens is 3. The molecule has 0 saturated carbocycles. The van der Waals surface area contributed by atoms with Gasteiger partial charge < -0.3 is 20.2 Å². The molecule has 2 heterocycles. The number of rotatable bonds is 7. The number of unbranched alkanes of at least 4 members (excludes halogenated alkanes) is 1. The summed E-state index contributed by atoms with van der Waals surface area (Å²) in [7, 11) is 0. The lowest BCUT2D eigenvalue weighted by Gasteiger charge is -2.11. The molecule has 21 heavy (non-hydrogen) atoms. The molecule has 0 aliphatic carbocycles. The first-order valence-corrected chi connectivity index (χ1v) is 7.02. The van der Waals surface area contributed by atoms with Crippen molar-refractivity contribution in [3.05, 3.63) is 23.5 Å². The first-order chi connectivity index (χ1) is 10.1. The van der Waals surface area contributed by atoms with E-state index < -0.39 is 0 Å². The molecule has 0 aliphatic rings. The van der Waals surface area contributed by atoms with Gasteiger partial charge in [-0.15, -0.1) is 0 Å². The summed E-state index contributed by atoms with van der Waals surface area (Å²) >= 11 is 0. The van der Waals surface area contributed by atoms with E-state index in [0.717, 1.165) is 30.8 Å². The molecule has 0 amide bonds. The third-order valence-electron chi connectivity index (χ3n) is 2.96. The molecule has 0 spiro atoms. The number of oxazole rings is 1. The van der Waals surface area contributed by atoms with Crippen LogP contribution in [0.3, 0.4) is 0 Å². The highest BCUT2D eigenvalue weighted by Crippen LogP contribution is 2.23. The normalized spacial score (nSPS) is 10.6. The third kappa shape index (κ3) is 4.08. The number of nitrogens with one attached hydrogen (secondary N) is 1. The van der Waals surface area contributed by atoms with Crippen LogP contribution in [0.1, 0.15) is 37.1 Å². The van der Waals surface area contributed by atoms with E-state index in [1.807, 2.05) is 6.92 Å². The maximum Gasteiger partial charge on any atom is 0.222 e. The SMILES string of the molecule is CCCCNc1nc(N)ncc1OCc1nc(C)oc1C. The molecule has 2 aromatic heterocycles. The van der Waals surface area contributed by atoms with Crippen molar-refractivity contribution in [3.8, 4) is 5.75 Å². The smallest absolute Gasteiger partial charge is 0.222 e. The van der Waals surface area contributed by atoms with E-state index in [2.05, 4.69) is 27.2 Å². The van der Waals surface area contributed by atoms with Gasteiger partial charge in [0.1, 0.15) is 18.1 Å². The van der Waals surface area contributed by atoms with Crippen LogP contribution in [0, 0.1) is 13.8 Å². The van der Waals surface area contributed by atoms with Gasteiger partial charge in [0.2, 0.25) is 5.95 Å². The lowest BCUT2D eigenvalue weighted by atomic mass is 10.3. The van der Waals surface area contributed by atoms with E-state index in [1.54, 1.807) is 13.1 Å². The first-order valence-electron chi connectivity index (χ1n) is 7.02. The average molecular weight is 291 g/mol. The van der Waals surface area contributed by atoms with Gasteiger partial charge in [0.15, 0.2) is 17.5 Å². The summed E-state index contributed by atoms with van der Waals surface area (Å²) < 4.78 is 11.1. The van der Waals surface area contributed by atoms with Crippen LogP contribution >= 0.6 is 0 Å². The molecule has 0 bridgehead atoms. The van der Waals surface area contributed by atoms with E-state index in [-0.39, 0.29) is 5.95 Å². The van der Waals surface area contributed by atoms with Gasteiger partial charge in [-0.2, -0.15) is 4.98 Å². The fourth-order valence-corrected chi connectivity index (χ4v) is 1.85. The zero-order chi connectivity index (χ0) is 15.2. The van der Waals surface area contributed by atoms with Crippen molar-refractivity contribution in [3.63, 3.8) is 0 Å². The van der Waals surface area contributed by atoms with Gasteiger partial charge in [-0.1, -0.05) is 13.3 Å². The molecule has 2 rings (SSSR count). The second kappa shape index (κ2) is 6.92. The molecule has 114 valence electrons. The minimum atomic E-state index is 0.217. The van der Waals surface area contributed by atoms with Crippen LogP contribution in [0.4, 0.5) is 11.8 Å². The zero-order valence-electron chi connectivity index (χ0n) is 12.6. The number of ether oxygens (including phenoxy) is 1. The van der Waals surface area contributed by atoms with Gasteiger partial charge in [-0.25, -0.2) is 9.97 Å². The molecule has 0 fully saturated rings. The van der Waals surface area contributed by atoms with Crippen LogP contribution in [0.5, 0.6) is 5.75 Å². The Bertz CT molecular complexity index is 597. The molecule has 0 aromatic carbocycles. The predicted molar refractivity (Wildman–Crippen MR) is 80.2 cm³/mol.